The van der Waals surface area contributed by atoms with Crippen molar-refractivity contribution in [2.24, 2.45) is 0 Å². The van der Waals surface area contributed by atoms with Gasteiger partial charge in [0.2, 0.25) is 0 Å². The molecule has 2 aromatic carbocycles. The molecule has 2 heterocycles. The molecule has 7 nitrogen and oxygen atoms in total. The first-order chi connectivity index (χ1) is 28.9. The van der Waals surface area contributed by atoms with E-state index >= 15 is 4.79 Å². The fourth-order valence-electron chi connectivity index (χ4n) is 9.49. The van der Waals surface area contributed by atoms with E-state index in [9.17, 15) is 0 Å². The zero-order valence-corrected chi connectivity index (χ0v) is 45.1. The predicted molar refractivity (Wildman–Crippen MR) is 280 cm³/mol. The molecule has 0 spiro atoms. The summed E-state index contributed by atoms with van der Waals surface area (Å²) >= 11 is 10.2. The van der Waals surface area contributed by atoms with Crippen LogP contribution < -0.4 is 9.47 Å². The monoisotopic (exact) mass is 1270 g/mol. The molecule has 0 aromatic heterocycles. The van der Waals surface area contributed by atoms with Gasteiger partial charge in [-0.15, -0.1) is 0 Å². The molecule has 2 aliphatic carbocycles. The zero-order chi connectivity index (χ0) is 43.1. The third kappa shape index (κ3) is 9.85. The van der Waals surface area contributed by atoms with Gasteiger partial charge in [0.05, 0.1) is 7.16 Å². The summed E-state index contributed by atoms with van der Waals surface area (Å²) in [7, 11) is 0. The maximum absolute atomic E-state index is 15.5. The van der Waals surface area contributed by atoms with E-state index in [0.717, 1.165) is 132 Å². The largest absolute Gasteiger partial charge is 0.494 e. The molecular formula is C49H64I4N2O5. The molecule has 0 saturated carbocycles. The summed E-state index contributed by atoms with van der Waals surface area (Å²) in [5, 5.41) is 0. The van der Waals surface area contributed by atoms with E-state index in [1.165, 1.54) is 11.1 Å². The van der Waals surface area contributed by atoms with E-state index in [0.29, 0.717) is 26.1 Å². The van der Waals surface area contributed by atoms with Crippen LogP contribution in [0.5, 0.6) is 11.5 Å². The number of hydrogen-bond donors (Lipinski definition) is 0. The standard InChI is InChI=1S/C49H64I4N2O5/c1-7-13-23-46(31-35-19-15-17-21-41(35)59-46)48(52)33-37(29-39(50)44(48)57-27-25-54(9-3)10-4)43(56)38-30-40(51)45(58-28-26-55(11-5)12-6)49(53,34-38)47(24-14-8-2)32-36-20-16-18-22-42(36)60-47/h15-22,29-30H,7-14,23-28,31-34H2,1-6H3. The number of ether oxygens (including phenoxy) is 4. The normalized spacial score (nSPS) is 26.1. The molecule has 4 unspecified atom stereocenters. The van der Waals surface area contributed by atoms with Crippen LogP contribution in [-0.4, -0.2) is 86.1 Å². The Kier molecular flexibility index (Phi) is 17.3. The molecule has 0 fully saturated rings. The molecule has 0 saturated heterocycles. The van der Waals surface area contributed by atoms with Crippen LogP contribution >= 0.6 is 90.4 Å². The van der Waals surface area contributed by atoms with Gasteiger partial charge >= 0.3 is 0 Å². The Bertz CT molecular complexity index is 1780. The second kappa shape index (κ2) is 21.4. The summed E-state index contributed by atoms with van der Waals surface area (Å²) in [5.74, 6) is 3.85. The van der Waals surface area contributed by atoms with Crippen LogP contribution in [0.2, 0.25) is 0 Å². The van der Waals surface area contributed by atoms with Gasteiger partial charge in [0.1, 0.15) is 54.3 Å². The number of Topliss-reactive ketones (excluding diaryl/α,β-unsaturated/α-hetero) is 1. The molecule has 0 bridgehead atoms. The highest BCUT2D eigenvalue weighted by atomic mass is 127. The van der Waals surface area contributed by atoms with Crippen molar-refractivity contribution in [1.29, 1.82) is 0 Å². The second-order valence-corrected chi connectivity index (χ2v) is 22.7. The van der Waals surface area contributed by atoms with Crippen molar-refractivity contribution in [3.63, 3.8) is 0 Å². The average Bonchev–Trinajstić information content (AvgIpc) is 3.84. The third-order valence-electron chi connectivity index (χ3n) is 13.1. The van der Waals surface area contributed by atoms with Gasteiger partial charge in [-0.2, -0.15) is 0 Å². The minimum absolute atomic E-state index is 0.0899. The van der Waals surface area contributed by atoms with E-state index < -0.39 is 18.0 Å². The summed E-state index contributed by atoms with van der Waals surface area (Å²) in [4.78, 5) is 20.3. The van der Waals surface area contributed by atoms with Gasteiger partial charge < -0.3 is 28.7 Å². The number of alkyl halides is 2. The minimum atomic E-state index is -0.630. The van der Waals surface area contributed by atoms with Gasteiger partial charge in [0, 0.05) is 49.9 Å². The van der Waals surface area contributed by atoms with Crippen LogP contribution in [0.4, 0.5) is 0 Å². The molecule has 11 heteroatoms. The maximum Gasteiger partial charge on any atom is 0.185 e. The van der Waals surface area contributed by atoms with Crippen molar-refractivity contribution < 1.29 is 23.7 Å². The van der Waals surface area contributed by atoms with E-state index in [1.807, 2.05) is 0 Å². The third-order valence-corrected chi connectivity index (χ3v) is 18.4. The summed E-state index contributed by atoms with van der Waals surface area (Å²) in [6.07, 6.45) is 12.6. The quantitative estimate of drug-likeness (QED) is 0.0860. The van der Waals surface area contributed by atoms with Crippen LogP contribution in [0, 0.1) is 0 Å². The lowest BCUT2D eigenvalue weighted by molar-refractivity contribution is -0.113. The minimum Gasteiger partial charge on any atom is -0.494 e. The number of carbonyl (C=O) groups excluding carboxylic acids is 1. The number of allylic oxidation sites excluding steroid dienone is 6. The molecule has 4 aliphatic rings. The van der Waals surface area contributed by atoms with Crippen molar-refractivity contribution >= 4 is 96.1 Å². The highest BCUT2D eigenvalue weighted by molar-refractivity contribution is 14.1. The number of halogens is 4. The molecule has 0 radical (unpaired) electrons. The Balaban J connectivity index is 1.42. The molecule has 2 aromatic rings. The number of nitrogens with zero attached hydrogens (tertiary/aromatic N) is 2. The Morgan fingerprint density at radius 1 is 0.617 bits per heavy atom. The number of benzene rings is 2. The molecule has 6 rings (SSSR count). The van der Waals surface area contributed by atoms with Gasteiger partial charge in [0.15, 0.2) is 5.78 Å². The van der Waals surface area contributed by atoms with Gasteiger partial charge in [-0.25, -0.2) is 0 Å². The van der Waals surface area contributed by atoms with Gasteiger partial charge in [-0.3, -0.25) is 4.79 Å². The van der Waals surface area contributed by atoms with Crippen LogP contribution in [0.3, 0.4) is 0 Å². The average molecular weight is 1270 g/mol. The first-order valence-corrected chi connectivity index (χ1v) is 26.6. The highest BCUT2D eigenvalue weighted by Crippen LogP contribution is 2.60. The maximum atomic E-state index is 15.5. The summed E-state index contributed by atoms with van der Waals surface area (Å²) in [5.41, 5.74) is 2.87. The SMILES string of the molecule is CCCCC1(C2(I)CC(C(=O)C3=CC(I)=C(OCCN(CC)CC)C(I)(C4(CCCC)Cc5ccccc5O4)C3)=CC(I)=C2OCCN(CC)CC)Cc2ccccc2O1. The molecule has 4 atom stereocenters. The highest BCUT2D eigenvalue weighted by Gasteiger charge is 2.62. The number of likely N-dealkylation sites (N-methyl/N-ethyl adjacent to an activating group) is 2. The van der Waals surface area contributed by atoms with Crippen molar-refractivity contribution in [3.05, 3.63) is 102 Å². The molecule has 0 N–H and O–H groups in total. The molecular weight excluding hydrogens is 1200 g/mol. The Morgan fingerprint density at radius 3 is 1.35 bits per heavy atom. The van der Waals surface area contributed by atoms with Gasteiger partial charge in [-0.05, 0) is 132 Å². The number of carbonyl (C=O) groups is 1. The number of para-hydroxylation sites is 2. The van der Waals surface area contributed by atoms with Crippen LogP contribution in [0.25, 0.3) is 0 Å². The van der Waals surface area contributed by atoms with Crippen molar-refractivity contribution in [1.82, 2.24) is 9.80 Å². The lowest BCUT2D eigenvalue weighted by Gasteiger charge is -2.48. The number of unbranched alkanes of at least 4 members (excludes halogenated alkanes) is 2. The molecule has 0 amide bonds. The first-order valence-electron chi connectivity index (χ1n) is 22.2. The molecule has 328 valence electrons. The summed E-state index contributed by atoms with van der Waals surface area (Å²) in [6, 6.07) is 16.9. The van der Waals surface area contributed by atoms with Crippen LogP contribution in [0.15, 0.2) is 90.5 Å². The number of ketones is 1. The van der Waals surface area contributed by atoms with Gasteiger partial charge in [0.25, 0.3) is 0 Å². The van der Waals surface area contributed by atoms with Crippen LogP contribution in [-0.2, 0) is 27.1 Å². The smallest absolute Gasteiger partial charge is 0.185 e. The lowest BCUT2D eigenvalue weighted by atomic mass is 9.70. The summed E-state index contributed by atoms with van der Waals surface area (Å²) < 4.78 is 29.0. The topological polar surface area (TPSA) is 60.5 Å². The zero-order valence-electron chi connectivity index (χ0n) is 36.4. The van der Waals surface area contributed by atoms with Gasteiger partial charge in [-0.1, -0.05) is 136 Å². The van der Waals surface area contributed by atoms with Crippen molar-refractivity contribution in [3.8, 4) is 11.5 Å². The predicted octanol–water partition coefficient (Wildman–Crippen LogP) is 12.7. The van der Waals surface area contributed by atoms with E-state index in [4.69, 9.17) is 18.9 Å². The summed E-state index contributed by atoms with van der Waals surface area (Å²) in [6.45, 7) is 20.0. The Morgan fingerprint density at radius 2 is 1.00 bits per heavy atom. The molecule has 2 aliphatic heterocycles. The molecule has 60 heavy (non-hydrogen) atoms. The lowest BCUT2D eigenvalue weighted by Crippen LogP contribution is -2.57. The fraction of sp³-hybridized carbons (Fsp3) is 0.571. The second-order valence-electron chi connectivity index (χ2n) is 16.7. The Hall–Kier alpha value is -0.890. The van der Waals surface area contributed by atoms with Crippen molar-refractivity contribution in [2.45, 2.75) is 124 Å². The number of hydrogen-bond acceptors (Lipinski definition) is 7. The van der Waals surface area contributed by atoms with E-state index in [1.54, 1.807) is 0 Å². The number of rotatable bonds is 22. The van der Waals surface area contributed by atoms with Crippen LogP contribution in [0.1, 0.15) is 104 Å². The number of fused-ring (bicyclic) bond motifs is 2. The van der Waals surface area contributed by atoms with E-state index in [-0.39, 0.29) is 5.78 Å². The van der Waals surface area contributed by atoms with E-state index in [2.05, 4.69) is 202 Å². The van der Waals surface area contributed by atoms with Crippen molar-refractivity contribution in [2.75, 3.05) is 52.5 Å². The first kappa shape index (κ1) is 48.6. The fourth-order valence-corrected chi connectivity index (χ4v) is 15.4. The Labute approximate surface area is 414 Å².